The Morgan fingerprint density at radius 1 is 1.40 bits per heavy atom. The number of aromatic nitrogens is 1. The van der Waals surface area contributed by atoms with Gasteiger partial charge in [0.1, 0.15) is 16.7 Å². The normalized spacial score (nSPS) is 22.6. The number of rotatable bonds is 6. The Hall–Kier alpha value is -1.52. The van der Waals surface area contributed by atoms with E-state index in [4.69, 9.17) is 4.74 Å². The van der Waals surface area contributed by atoms with Crippen LogP contribution in [0.4, 0.5) is 0 Å². The Balaban J connectivity index is 1.92. The average Bonchev–Trinajstić information content (AvgIpc) is 2.70. The molecule has 1 aromatic carbocycles. The highest BCUT2D eigenvalue weighted by molar-refractivity contribution is 9.10. The van der Waals surface area contributed by atoms with Crippen LogP contribution in [0.5, 0.6) is 5.75 Å². The number of benzene rings is 1. The van der Waals surface area contributed by atoms with Crippen LogP contribution in [0.15, 0.2) is 52.1 Å². The van der Waals surface area contributed by atoms with E-state index < -0.39 is 16.1 Å². The highest BCUT2D eigenvalue weighted by Crippen LogP contribution is 2.35. The van der Waals surface area contributed by atoms with Gasteiger partial charge in [-0.1, -0.05) is 28.9 Å². The Labute approximate surface area is 186 Å². The zero-order valence-corrected chi connectivity index (χ0v) is 19.8. The number of hydrogen-bond donors (Lipinski definition) is 1. The first-order chi connectivity index (χ1) is 14.2. The summed E-state index contributed by atoms with van der Waals surface area (Å²) in [5.74, 6) is 0.239. The quantitative estimate of drug-likeness (QED) is 0.660. The molecule has 0 saturated carbocycles. The van der Waals surface area contributed by atoms with Crippen molar-refractivity contribution in [1.29, 1.82) is 0 Å². The van der Waals surface area contributed by atoms with Crippen molar-refractivity contribution in [2.24, 2.45) is 5.92 Å². The predicted molar refractivity (Wildman–Crippen MR) is 119 cm³/mol. The molecule has 164 valence electrons. The summed E-state index contributed by atoms with van der Waals surface area (Å²) in [4.78, 5) is 6.43. The van der Waals surface area contributed by atoms with Gasteiger partial charge in [0.25, 0.3) is 0 Å². The van der Waals surface area contributed by atoms with Gasteiger partial charge in [0.2, 0.25) is 10.0 Å². The number of pyridine rings is 1. The fraction of sp³-hybridized carbons (Fsp3) is 0.476. The van der Waals surface area contributed by atoms with Crippen molar-refractivity contribution in [2.45, 2.75) is 37.4 Å². The van der Waals surface area contributed by atoms with Crippen LogP contribution in [0.25, 0.3) is 0 Å². The summed E-state index contributed by atoms with van der Waals surface area (Å²) < 4.78 is 35.0. The second kappa shape index (κ2) is 9.74. The standard InChI is InChI=1S/C21H28BrN3O4S/c1-15-11-25(16(2)14-26)30(27,28)21-7-6-18(22)9-19(21)29-20(15)13-24(3)12-17-5-4-8-23-10-17/h4-10,15-16,20,26H,11-14H2,1-3H3/t15-,16-,20-/m1/s1. The lowest BCUT2D eigenvalue weighted by Crippen LogP contribution is -2.49. The molecule has 1 aliphatic rings. The minimum atomic E-state index is -3.80. The summed E-state index contributed by atoms with van der Waals surface area (Å²) in [6.07, 6.45) is 3.35. The zero-order chi connectivity index (χ0) is 21.9. The maximum absolute atomic E-state index is 13.3. The molecule has 0 radical (unpaired) electrons. The van der Waals surface area contributed by atoms with Crippen LogP contribution in [-0.4, -0.2) is 66.6 Å². The molecule has 0 unspecified atom stereocenters. The van der Waals surface area contributed by atoms with Gasteiger partial charge in [-0.25, -0.2) is 8.42 Å². The lowest BCUT2D eigenvalue weighted by Gasteiger charge is -2.37. The lowest BCUT2D eigenvalue weighted by atomic mass is 10.0. The van der Waals surface area contributed by atoms with Crippen LogP contribution in [0.1, 0.15) is 19.4 Å². The van der Waals surface area contributed by atoms with Crippen LogP contribution in [0.2, 0.25) is 0 Å². The second-order valence-corrected chi connectivity index (χ2v) is 10.7. The Kier molecular flexibility index (Phi) is 7.52. The Morgan fingerprint density at radius 2 is 2.17 bits per heavy atom. The summed E-state index contributed by atoms with van der Waals surface area (Å²) in [6, 6.07) is 8.34. The van der Waals surface area contributed by atoms with E-state index in [1.807, 2.05) is 32.3 Å². The number of nitrogens with zero attached hydrogens (tertiary/aromatic N) is 3. The van der Waals surface area contributed by atoms with E-state index in [0.717, 1.165) is 10.0 Å². The first-order valence-corrected chi connectivity index (χ1v) is 12.1. The number of ether oxygens (including phenoxy) is 1. The Bertz CT molecular complexity index is 958. The van der Waals surface area contributed by atoms with E-state index in [1.54, 1.807) is 31.3 Å². The van der Waals surface area contributed by atoms with Crippen LogP contribution in [-0.2, 0) is 16.6 Å². The highest BCUT2D eigenvalue weighted by atomic mass is 79.9. The van der Waals surface area contributed by atoms with E-state index in [9.17, 15) is 13.5 Å². The van der Waals surface area contributed by atoms with Crippen molar-refractivity contribution in [2.75, 3.05) is 26.7 Å². The molecule has 0 aliphatic carbocycles. The fourth-order valence-corrected chi connectivity index (χ4v) is 5.76. The topological polar surface area (TPSA) is 83.0 Å². The largest absolute Gasteiger partial charge is 0.487 e. The highest BCUT2D eigenvalue weighted by Gasteiger charge is 2.38. The summed E-state index contributed by atoms with van der Waals surface area (Å²) in [5, 5.41) is 9.68. The molecule has 2 heterocycles. The molecule has 0 spiro atoms. The molecule has 0 bridgehead atoms. The van der Waals surface area contributed by atoms with Crippen molar-refractivity contribution in [3.8, 4) is 5.75 Å². The first kappa shape index (κ1) is 23.1. The summed E-state index contributed by atoms with van der Waals surface area (Å²) >= 11 is 3.42. The van der Waals surface area contributed by atoms with Gasteiger partial charge in [0, 0.05) is 48.5 Å². The molecule has 7 nitrogen and oxygen atoms in total. The SMILES string of the molecule is C[C@@H]1CN([C@H](C)CO)S(=O)(=O)c2ccc(Br)cc2O[C@@H]1CN(C)Cc1cccnc1. The van der Waals surface area contributed by atoms with E-state index >= 15 is 0 Å². The number of hydrogen-bond acceptors (Lipinski definition) is 6. The zero-order valence-electron chi connectivity index (χ0n) is 17.4. The molecule has 2 aromatic rings. The number of aliphatic hydroxyl groups excluding tert-OH is 1. The number of fused-ring (bicyclic) bond motifs is 1. The summed E-state index contributed by atoms with van der Waals surface area (Å²) in [5.41, 5.74) is 1.10. The molecule has 9 heteroatoms. The number of halogens is 1. The van der Waals surface area contributed by atoms with Crippen molar-refractivity contribution in [1.82, 2.24) is 14.2 Å². The van der Waals surface area contributed by atoms with Gasteiger partial charge in [-0.15, -0.1) is 0 Å². The number of sulfonamides is 1. The number of likely N-dealkylation sites (N-methyl/N-ethyl adjacent to an activating group) is 1. The third kappa shape index (κ3) is 5.20. The van der Waals surface area contributed by atoms with Crippen molar-refractivity contribution < 1.29 is 18.3 Å². The molecule has 0 amide bonds. The monoisotopic (exact) mass is 497 g/mol. The Morgan fingerprint density at radius 3 is 2.83 bits per heavy atom. The first-order valence-electron chi connectivity index (χ1n) is 9.88. The van der Waals surface area contributed by atoms with E-state index in [-0.39, 0.29) is 30.1 Å². The maximum Gasteiger partial charge on any atom is 0.247 e. The molecule has 1 aliphatic heterocycles. The van der Waals surface area contributed by atoms with Gasteiger partial charge in [0.15, 0.2) is 0 Å². The van der Waals surface area contributed by atoms with E-state index in [1.165, 1.54) is 4.31 Å². The predicted octanol–water partition coefficient (Wildman–Crippen LogP) is 2.74. The third-order valence-corrected chi connectivity index (χ3v) is 7.81. The van der Waals surface area contributed by atoms with Crippen molar-refractivity contribution in [3.63, 3.8) is 0 Å². The molecule has 1 N–H and O–H groups in total. The molecule has 3 rings (SSSR count). The van der Waals surface area contributed by atoms with Crippen LogP contribution in [0.3, 0.4) is 0 Å². The number of aliphatic hydroxyl groups is 1. The van der Waals surface area contributed by atoms with Gasteiger partial charge >= 0.3 is 0 Å². The van der Waals surface area contributed by atoms with Gasteiger partial charge < -0.3 is 9.84 Å². The van der Waals surface area contributed by atoms with Gasteiger partial charge in [-0.3, -0.25) is 9.88 Å². The summed E-state index contributed by atoms with van der Waals surface area (Å²) in [6.45, 7) is 5.05. The minimum absolute atomic E-state index is 0.0859. The lowest BCUT2D eigenvalue weighted by molar-refractivity contribution is 0.0733. The smallest absolute Gasteiger partial charge is 0.247 e. The van der Waals surface area contributed by atoms with Crippen LogP contribution < -0.4 is 4.74 Å². The third-order valence-electron chi connectivity index (χ3n) is 5.30. The fourth-order valence-electron chi connectivity index (χ4n) is 3.59. The molecular weight excluding hydrogens is 470 g/mol. The molecule has 30 heavy (non-hydrogen) atoms. The van der Waals surface area contributed by atoms with E-state index in [0.29, 0.717) is 18.8 Å². The van der Waals surface area contributed by atoms with Gasteiger partial charge in [0.05, 0.1) is 6.61 Å². The molecular formula is C21H28BrN3O4S. The average molecular weight is 498 g/mol. The minimum Gasteiger partial charge on any atom is -0.487 e. The van der Waals surface area contributed by atoms with Crippen molar-refractivity contribution >= 4 is 26.0 Å². The van der Waals surface area contributed by atoms with Gasteiger partial charge in [-0.2, -0.15) is 4.31 Å². The van der Waals surface area contributed by atoms with Crippen LogP contribution >= 0.6 is 15.9 Å². The maximum atomic E-state index is 13.3. The van der Waals surface area contributed by atoms with Crippen LogP contribution in [0, 0.1) is 5.92 Å². The van der Waals surface area contributed by atoms with Gasteiger partial charge in [-0.05, 0) is 43.8 Å². The molecule has 3 atom stereocenters. The van der Waals surface area contributed by atoms with Crippen molar-refractivity contribution in [3.05, 3.63) is 52.8 Å². The second-order valence-electron chi connectivity index (χ2n) is 7.89. The molecule has 0 fully saturated rings. The molecule has 1 aromatic heterocycles. The molecule has 0 saturated heterocycles. The van der Waals surface area contributed by atoms with E-state index in [2.05, 4.69) is 25.8 Å². The summed E-state index contributed by atoms with van der Waals surface area (Å²) in [7, 11) is -1.79.